The number of carbonyl (C=O) groups is 1. The minimum atomic E-state index is -0.314. The van der Waals surface area contributed by atoms with Gasteiger partial charge in [0.1, 0.15) is 5.69 Å². The number of hydrogen-bond acceptors (Lipinski definition) is 4. The highest BCUT2D eigenvalue weighted by Crippen LogP contribution is 2.16. The fraction of sp³-hybridized carbons (Fsp3) is 0.545. The van der Waals surface area contributed by atoms with Crippen LogP contribution in [0.15, 0.2) is 17.2 Å². The highest BCUT2D eigenvalue weighted by atomic mass is 16.2. The molecule has 0 bridgehead atoms. The fourth-order valence-electron chi connectivity index (χ4n) is 1.90. The minimum Gasteiger partial charge on any atom is -0.336 e. The molecule has 1 amide bonds. The quantitative estimate of drug-likeness (QED) is 0.692. The van der Waals surface area contributed by atoms with Crippen molar-refractivity contribution >= 4 is 5.91 Å². The summed E-state index contributed by atoms with van der Waals surface area (Å²) in [6, 6.07) is 0.00969. The number of amides is 1. The Labute approximate surface area is 98.8 Å². The first-order chi connectivity index (χ1) is 8.08. The van der Waals surface area contributed by atoms with Crippen LogP contribution in [0.1, 0.15) is 23.8 Å². The third-order valence-electron chi connectivity index (χ3n) is 3.19. The summed E-state index contributed by atoms with van der Waals surface area (Å²) in [5.74, 6) is 0.256. The van der Waals surface area contributed by atoms with Crippen LogP contribution >= 0.6 is 0 Å². The van der Waals surface area contributed by atoms with Gasteiger partial charge in [-0.25, -0.2) is 4.98 Å². The van der Waals surface area contributed by atoms with Gasteiger partial charge in [0.25, 0.3) is 11.5 Å². The van der Waals surface area contributed by atoms with Gasteiger partial charge >= 0.3 is 0 Å². The van der Waals surface area contributed by atoms with Crippen LogP contribution in [0.5, 0.6) is 0 Å². The van der Waals surface area contributed by atoms with E-state index in [0.717, 1.165) is 12.6 Å². The number of aromatic amines is 1. The maximum absolute atomic E-state index is 12.0. The standard InChI is InChI=1S/C11H16N4O2/c1-7-2-3-15(6-8(7)12)11(17)9-4-14-10(16)5-13-9/h4-5,7-8H,2-3,6,12H2,1H3,(H,14,16). The number of nitrogens with two attached hydrogens (primary N) is 1. The number of H-pyrrole nitrogens is 1. The zero-order valence-electron chi connectivity index (χ0n) is 9.72. The van der Waals surface area contributed by atoms with E-state index in [2.05, 4.69) is 16.9 Å². The average molecular weight is 236 g/mol. The number of likely N-dealkylation sites (tertiary alicyclic amines) is 1. The van der Waals surface area contributed by atoms with Crippen molar-refractivity contribution in [1.29, 1.82) is 0 Å². The fourth-order valence-corrected chi connectivity index (χ4v) is 1.90. The molecule has 0 aromatic carbocycles. The summed E-state index contributed by atoms with van der Waals surface area (Å²) in [4.78, 5) is 30.9. The van der Waals surface area contributed by atoms with Gasteiger partial charge in [-0.3, -0.25) is 9.59 Å². The van der Waals surface area contributed by atoms with E-state index in [9.17, 15) is 9.59 Å². The molecular weight excluding hydrogens is 220 g/mol. The third kappa shape index (κ3) is 2.52. The van der Waals surface area contributed by atoms with E-state index in [-0.39, 0.29) is 23.2 Å². The Balaban J connectivity index is 2.10. The highest BCUT2D eigenvalue weighted by molar-refractivity contribution is 5.92. The Hall–Kier alpha value is -1.69. The highest BCUT2D eigenvalue weighted by Gasteiger charge is 2.27. The molecule has 1 aromatic rings. The van der Waals surface area contributed by atoms with E-state index in [4.69, 9.17) is 5.73 Å². The van der Waals surface area contributed by atoms with Crippen LogP contribution < -0.4 is 11.3 Å². The average Bonchev–Trinajstić information content (AvgIpc) is 2.33. The van der Waals surface area contributed by atoms with E-state index >= 15 is 0 Å². The van der Waals surface area contributed by atoms with Crippen molar-refractivity contribution in [2.45, 2.75) is 19.4 Å². The molecule has 0 spiro atoms. The molecule has 3 N–H and O–H groups in total. The van der Waals surface area contributed by atoms with Crippen molar-refractivity contribution in [1.82, 2.24) is 14.9 Å². The van der Waals surface area contributed by atoms with Gasteiger partial charge in [0, 0.05) is 25.3 Å². The lowest BCUT2D eigenvalue weighted by molar-refractivity contribution is 0.0666. The lowest BCUT2D eigenvalue weighted by atomic mass is 9.94. The molecule has 1 aliphatic heterocycles. The van der Waals surface area contributed by atoms with Crippen LogP contribution in [-0.4, -0.2) is 39.9 Å². The Morgan fingerprint density at radius 2 is 2.41 bits per heavy atom. The van der Waals surface area contributed by atoms with Crippen molar-refractivity contribution in [3.63, 3.8) is 0 Å². The number of hydrogen-bond donors (Lipinski definition) is 2. The molecule has 2 heterocycles. The van der Waals surface area contributed by atoms with Gasteiger partial charge in [0.2, 0.25) is 0 Å². The Kier molecular flexibility index (Phi) is 3.23. The molecule has 92 valence electrons. The predicted octanol–water partition coefficient (Wildman–Crippen LogP) is -0.421. The minimum absolute atomic E-state index is 0.00969. The predicted molar refractivity (Wildman–Crippen MR) is 62.5 cm³/mol. The number of piperidine rings is 1. The number of nitrogens with one attached hydrogen (secondary N) is 1. The van der Waals surface area contributed by atoms with Crippen LogP contribution in [0.4, 0.5) is 0 Å². The van der Waals surface area contributed by atoms with Crippen molar-refractivity contribution in [2.24, 2.45) is 11.7 Å². The van der Waals surface area contributed by atoms with Crippen molar-refractivity contribution in [2.75, 3.05) is 13.1 Å². The molecule has 1 aliphatic rings. The molecular formula is C11H16N4O2. The monoisotopic (exact) mass is 236 g/mol. The first-order valence-corrected chi connectivity index (χ1v) is 5.67. The Bertz CT molecular complexity index is 450. The van der Waals surface area contributed by atoms with Crippen molar-refractivity contribution in [3.05, 3.63) is 28.4 Å². The van der Waals surface area contributed by atoms with Gasteiger partial charge in [-0.2, -0.15) is 0 Å². The van der Waals surface area contributed by atoms with E-state index in [1.165, 1.54) is 6.20 Å². The van der Waals surface area contributed by atoms with Crippen LogP contribution in [0.25, 0.3) is 0 Å². The molecule has 0 aliphatic carbocycles. The summed E-state index contributed by atoms with van der Waals surface area (Å²) in [6.07, 6.45) is 3.35. The third-order valence-corrected chi connectivity index (χ3v) is 3.19. The molecule has 2 unspecified atom stereocenters. The van der Waals surface area contributed by atoms with Crippen LogP contribution in [0.2, 0.25) is 0 Å². The maximum atomic E-state index is 12.0. The second-order valence-electron chi connectivity index (χ2n) is 4.48. The van der Waals surface area contributed by atoms with Crippen molar-refractivity contribution < 1.29 is 4.79 Å². The van der Waals surface area contributed by atoms with E-state index in [1.807, 2.05) is 0 Å². The molecule has 1 saturated heterocycles. The van der Waals surface area contributed by atoms with Crippen LogP contribution in [0, 0.1) is 5.92 Å². The van der Waals surface area contributed by atoms with Gasteiger partial charge in [0.15, 0.2) is 0 Å². The molecule has 0 radical (unpaired) electrons. The van der Waals surface area contributed by atoms with Crippen LogP contribution in [0.3, 0.4) is 0 Å². The Morgan fingerprint density at radius 1 is 1.65 bits per heavy atom. The first-order valence-electron chi connectivity index (χ1n) is 5.67. The summed E-state index contributed by atoms with van der Waals surface area (Å²) in [7, 11) is 0. The smallest absolute Gasteiger partial charge is 0.274 e. The van der Waals surface area contributed by atoms with Crippen LogP contribution in [-0.2, 0) is 0 Å². The largest absolute Gasteiger partial charge is 0.336 e. The molecule has 1 aromatic heterocycles. The topological polar surface area (TPSA) is 92.1 Å². The summed E-state index contributed by atoms with van der Waals surface area (Å²) < 4.78 is 0. The van der Waals surface area contributed by atoms with E-state index in [1.54, 1.807) is 4.90 Å². The van der Waals surface area contributed by atoms with Crippen molar-refractivity contribution in [3.8, 4) is 0 Å². The lowest BCUT2D eigenvalue weighted by Gasteiger charge is -2.34. The normalized spacial score (nSPS) is 24.7. The molecule has 0 saturated carbocycles. The van der Waals surface area contributed by atoms with Gasteiger partial charge in [-0.05, 0) is 12.3 Å². The van der Waals surface area contributed by atoms with E-state index < -0.39 is 0 Å². The van der Waals surface area contributed by atoms with Gasteiger partial charge < -0.3 is 15.6 Å². The molecule has 2 atom stereocenters. The SMILES string of the molecule is CC1CCN(C(=O)c2c[nH]c(=O)cn2)CC1N. The molecule has 6 nitrogen and oxygen atoms in total. The van der Waals surface area contributed by atoms with Gasteiger partial charge in [-0.15, -0.1) is 0 Å². The summed E-state index contributed by atoms with van der Waals surface area (Å²) in [6.45, 7) is 3.32. The molecule has 17 heavy (non-hydrogen) atoms. The molecule has 6 heteroatoms. The molecule has 2 rings (SSSR count). The summed E-state index contributed by atoms with van der Waals surface area (Å²) in [5, 5.41) is 0. The number of aromatic nitrogens is 2. The second kappa shape index (κ2) is 4.67. The zero-order valence-corrected chi connectivity index (χ0v) is 9.72. The lowest BCUT2D eigenvalue weighted by Crippen LogP contribution is -2.49. The maximum Gasteiger partial charge on any atom is 0.274 e. The number of rotatable bonds is 1. The number of nitrogens with zero attached hydrogens (tertiary/aromatic N) is 2. The summed E-state index contributed by atoms with van der Waals surface area (Å²) >= 11 is 0. The Morgan fingerprint density at radius 3 is 3.00 bits per heavy atom. The van der Waals surface area contributed by atoms with E-state index in [0.29, 0.717) is 19.0 Å². The van der Waals surface area contributed by atoms with Gasteiger partial charge in [0.05, 0.1) is 6.20 Å². The van der Waals surface area contributed by atoms with Gasteiger partial charge in [-0.1, -0.05) is 6.92 Å². The zero-order chi connectivity index (χ0) is 12.4. The summed E-state index contributed by atoms with van der Waals surface area (Å²) in [5.41, 5.74) is 5.88. The first kappa shape index (κ1) is 11.8. The molecule has 1 fully saturated rings. The number of carbonyl (C=O) groups excluding carboxylic acids is 1. The second-order valence-corrected chi connectivity index (χ2v) is 4.48.